The third kappa shape index (κ3) is 4.47. The van der Waals surface area contributed by atoms with Gasteiger partial charge in [-0.1, -0.05) is 47.5 Å². The number of aromatic nitrogens is 4. The first-order valence-corrected chi connectivity index (χ1v) is 14.7. The molecule has 4 aromatic rings. The van der Waals surface area contributed by atoms with Crippen LogP contribution in [0.2, 0.25) is 10.0 Å². The number of primary amides is 1. The molecule has 41 heavy (non-hydrogen) atoms. The van der Waals surface area contributed by atoms with Gasteiger partial charge in [-0.3, -0.25) is 14.2 Å². The van der Waals surface area contributed by atoms with Gasteiger partial charge in [0.1, 0.15) is 17.9 Å². The quantitative estimate of drug-likeness (QED) is 0.336. The first kappa shape index (κ1) is 27.3. The SMILES string of the molecule is CC1(Cc2ccc(-c3cncnc3)cc2)C(=O)N(c2cc(Cl)cc(Cl)c2)c2ncc(S(=O)(=O)N3CCC3C(N)=O)n21. The lowest BCUT2D eigenvalue weighted by Gasteiger charge is -2.37. The Hall–Kier alpha value is -3.84. The molecule has 2 amide bonds. The highest BCUT2D eigenvalue weighted by molar-refractivity contribution is 7.89. The fraction of sp³-hybridized carbons (Fsp3) is 0.222. The van der Waals surface area contributed by atoms with Crippen LogP contribution in [0.25, 0.3) is 11.1 Å². The Morgan fingerprint density at radius 1 is 1.05 bits per heavy atom. The molecule has 1 fully saturated rings. The lowest BCUT2D eigenvalue weighted by Crippen LogP contribution is -2.57. The van der Waals surface area contributed by atoms with Gasteiger partial charge in [-0.15, -0.1) is 0 Å². The predicted molar refractivity (Wildman–Crippen MR) is 152 cm³/mol. The lowest BCUT2D eigenvalue weighted by atomic mass is 9.91. The molecule has 2 aliphatic rings. The summed E-state index contributed by atoms with van der Waals surface area (Å²) >= 11 is 12.5. The first-order chi connectivity index (χ1) is 19.5. The molecule has 2 aliphatic heterocycles. The highest BCUT2D eigenvalue weighted by Crippen LogP contribution is 2.45. The van der Waals surface area contributed by atoms with E-state index < -0.39 is 33.4 Å². The molecule has 2 N–H and O–H groups in total. The van der Waals surface area contributed by atoms with Crippen molar-refractivity contribution in [1.82, 2.24) is 23.8 Å². The molecule has 0 bridgehead atoms. The summed E-state index contributed by atoms with van der Waals surface area (Å²) in [5, 5.41) is 0.374. The van der Waals surface area contributed by atoms with Crippen LogP contribution in [-0.4, -0.2) is 56.6 Å². The zero-order chi connectivity index (χ0) is 29.1. The molecular weight excluding hydrogens is 589 g/mol. The summed E-state index contributed by atoms with van der Waals surface area (Å²) in [4.78, 5) is 39.9. The van der Waals surface area contributed by atoms with Crippen LogP contribution < -0.4 is 10.6 Å². The molecule has 4 heterocycles. The number of benzene rings is 2. The minimum Gasteiger partial charge on any atom is -0.368 e. The number of hydrogen-bond acceptors (Lipinski definition) is 7. The number of halogens is 2. The minimum absolute atomic E-state index is 0.0867. The van der Waals surface area contributed by atoms with Crippen molar-refractivity contribution in [3.8, 4) is 11.1 Å². The maximum atomic E-state index is 14.2. The number of fused-ring (bicyclic) bond motifs is 1. The van der Waals surface area contributed by atoms with Crippen molar-refractivity contribution in [3.05, 3.63) is 83.0 Å². The third-order valence-corrected chi connectivity index (χ3v) is 9.75. The van der Waals surface area contributed by atoms with E-state index in [1.54, 1.807) is 31.5 Å². The molecule has 1 saturated heterocycles. The molecule has 2 aromatic heterocycles. The van der Waals surface area contributed by atoms with Gasteiger partial charge in [-0.2, -0.15) is 4.31 Å². The van der Waals surface area contributed by atoms with Crippen molar-refractivity contribution in [2.45, 2.75) is 36.4 Å². The van der Waals surface area contributed by atoms with Crippen LogP contribution >= 0.6 is 23.2 Å². The Bertz CT molecular complexity index is 1780. The maximum Gasteiger partial charge on any atom is 0.261 e. The molecule has 6 rings (SSSR count). The Balaban J connectivity index is 1.46. The average Bonchev–Trinajstić information content (AvgIpc) is 3.42. The molecule has 11 nitrogen and oxygen atoms in total. The molecule has 2 aromatic carbocycles. The van der Waals surface area contributed by atoms with Gasteiger partial charge in [0.05, 0.1) is 11.9 Å². The molecule has 14 heteroatoms. The highest BCUT2D eigenvalue weighted by Gasteiger charge is 2.53. The van der Waals surface area contributed by atoms with Gasteiger partial charge in [-0.25, -0.2) is 28.3 Å². The van der Waals surface area contributed by atoms with E-state index >= 15 is 0 Å². The molecule has 2 atom stereocenters. The molecule has 2 unspecified atom stereocenters. The van der Waals surface area contributed by atoms with Crippen LogP contribution in [-0.2, 0) is 31.6 Å². The highest BCUT2D eigenvalue weighted by atomic mass is 35.5. The fourth-order valence-electron chi connectivity index (χ4n) is 5.33. The van der Waals surface area contributed by atoms with Gasteiger partial charge < -0.3 is 5.73 Å². The van der Waals surface area contributed by atoms with Crippen LogP contribution in [0.5, 0.6) is 0 Å². The van der Waals surface area contributed by atoms with Crippen molar-refractivity contribution in [2.75, 3.05) is 11.4 Å². The van der Waals surface area contributed by atoms with Gasteiger partial charge >= 0.3 is 0 Å². The van der Waals surface area contributed by atoms with E-state index in [9.17, 15) is 18.0 Å². The molecule has 0 aliphatic carbocycles. The maximum absolute atomic E-state index is 14.2. The molecule has 210 valence electrons. The molecule has 0 saturated carbocycles. The predicted octanol–water partition coefficient (Wildman–Crippen LogP) is 3.53. The second-order valence-corrected chi connectivity index (χ2v) is 12.8. The number of nitrogens with two attached hydrogens (primary N) is 1. The number of nitrogens with zero attached hydrogens (tertiary/aromatic N) is 6. The average molecular weight is 612 g/mol. The zero-order valence-corrected chi connectivity index (χ0v) is 23.9. The first-order valence-electron chi connectivity index (χ1n) is 12.5. The van der Waals surface area contributed by atoms with Crippen molar-refractivity contribution >= 4 is 56.7 Å². The lowest BCUT2D eigenvalue weighted by molar-refractivity contribution is -0.125. The topological polar surface area (TPSA) is 144 Å². The summed E-state index contributed by atoms with van der Waals surface area (Å²) in [7, 11) is -4.24. The van der Waals surface area contributed by atoms with Gasteiger partial charge in [-0.05, 0) is 42.7 Å². The standard InChI is InChI=1S/C27H23Cl2N7O4S/c1-27(11-16-2-4-17(5-3-16)18-12-31-15-32-13-18)25(38)35(21-9-19(28)8-20(29)10-21)26-33-14-23(36(26)27)41(39,40)34-7-6-22(34)24(30)37/h2-5,8-10,12-15,22H,6-7,11H2,1H3,(H2,30,37). The van der Waals surface area contributed by atoms with E-state index in [2.05, 4.69) is 15.0 Å². The second kappa shape index (κ2) is 9.91. The fourth-order valence-corrected chi connectivity index (χ4v) is 7.67. The smallest absolute Gasteiger partial charge is 0.261 e. The molecular formula is C27H23Cl2N7O4S. The Morgan fingerprint density at radius 3 is 2.29 bits per heavy atom. The number of amides is 2. The van der Waals surface area contributed by atoms with Crippen molar-refractivity contribution in [1.29, 1.82) is 0 Å². The summed E-state index contributed by atoms with van der Waals surface area (Å²) in [6, 6.07) is 11.2. The van der Waals surface area contributed by atoms with Crippen LogP contribution in [0.15, 0.2) is 72.4 Å². The van der Waals surface area contributed by atoms with Crippen LogP contribution in [0.3, 0.4) is 0 Å². The van der Waals surface area contributed by atoms with Gasteiger partial charge in [0.25, 0.3) is 15.9 Å². The van der Waals surface area contributed by atoms with Crippen LogP contribution in [0.4, 0.5) is 11.6 Å². The van der Waals surface area contributed by atoms with E-state index in [0.717, 1.165) is 21.0 Å². The molecule has 0 radical (unpaired) electrons. The Morgan fingerprint density at radius 2 is 1.71 bits per heavy atom. The number of rotatable bonds is 7. The van der Waals surface area contributed by atoms with E-state index in [1.807, 2.05) is 24.3 Å². The summed E-state index contributed by atoms with van der Waals surface area (Å²) < 4.78 is 30.1. The van der Waals surface area contributed by atoms with Gasteiger partial charge in [0.2, 0.25) is 11.9 Å². The number of sulfonamides is 1. The van der Waals surface area contributed by atoms with Crippen molar-refractivity contribution in [2.24, 2.45) is 5.73 Å². The summed E-state index contributed by atoms with van der Waals surface area (Å²) in [5.74, 6) is -1.08. The summed E-state index contributed by atoms with van der Waals surface area (Å²) in [5.41, 5.74) is 6.85. The summed E-state index contributed by atoms with van der Waals surface area (Å²) in [6.45, 7) is 1.78. The monoisotopic (exact) mass is 611 g/mol. The number of carbonyl (C=O) groups is 2. The number of anilines is 2. The van der Waals surface area contributed by atoms with Gasteiger partial charge in [0, 0.05) is 41.0 Å². The largest absolute Gasteiger partial charge is 0.368 e. The molecule has 0 spiro atoms. The summed E-state index contributed by atoms with van der Waals surface area (Å²) in [6.07, 6.45) is 6.49. The Kier molecular flexibility index (Phi) is 6.61. The number of carbonyl (C=O) groups excluding carboxylic acids is 2. The van der Waals surface area contributed by atoms with E-state index in [1.165, 1.54) is 28.1 Å². The van der Waals surface area contributed by atoms with E-state index in [0.29, 0.717) is 22.2 Å². The normalized spacial score (nSPS) is 20.6. The second-order valence-electron chi connectivity index (χ2n) is 10.1. The number of hydrogen-bond donors (Lipinski definition) is 1. The van der Waals surface area contributed by atoms with Crippen LogP contribution in [0, 0.1) is 0 Å². The Labute approximate surface area is 245 Å². The van der Waals surface area contributed by atoms with E-state index in [-0.39, 0.29) is 23.9 Å². The van der Waals surface area contributed by atoms with Gasteiger partial charge in [0.15, 0.2) is 5.03 Å². The van der Waals surface area contributed by atoms with Crippen molar-refractivity contribution in [3.63, 3.8) is 0 Å². The number of imidazole rings is 1. The van der Waals surface area contributed by atoms with E-state index in [4.69, 9.17) is 28.9 Å². The van der Waals surface area contributed by atoms with Crippen LogP contribution in [0.1, 0.15) is 18.9 Å². The minimum atomic E-state index is -4.24. The zero-order valence-electron chi connectivity index (χ0n) is 21.6. The third-order valence-electron chi connectivity index (χ3n) is 7.44. The van der Waals surface area contributed by atoms with Crippen molar-refractivity contribution < 1.29 is 18.0 Å².